The Bertz CT molecular complexity index is 436. The minimum atomic E-state index is 0.121. The van der Waals surface area contributed by atoms with Crippen LogP contribution in [0.4, 0.5) is 0 Å². The molecule has 96 valence electrons. The molecule has 3 nitrogen and oxygen atoms in total. The van der Waals surface area contributed by atoms with Gasteiger partial charge in [0.2, 0.25) is 0 Å². The zero-order valence-electron chi connectivity index (χ0n) is 10.5. The van der Waals surface area contributed by atoms with Crippen LogP contribution in [-0.2, 0) is 0 Å². The lowest BCUT2D eigenvalue weighted by atomic mass is 9.96. The molecule has 1 aromatic carbocycles. The number of rotatable bonds is 4. The van der Waals surface area contributed by atoms with Crippen molar-refractivity contribution in [2.45, 2.75) is 44.2 Å². The maximum Gasteiger partial charge on any atom is 0.166 e. The summed E-state index contributed by atoms with van der Waals surface area (Å²) in [5.41, 5.74) is 6.64. The van der Waals surface area contributed by atoms with E-state index < -0.39 is 0 Å². The van der Waals surface area contributed by atoms with Gasteiger partial charge in [0, 0.05) is 17.5 Å². The van der Waals surface area contributed by atoms with Gasteiger partial charge in [0.1, 0.15) is 5.75 Å². The molecule has 0 bridgehead atoms. The number of carbonyl (C=O) groups excluding carboxylic acids is 1. The summed E-state index contributed by atoms with van der Waals surface area (Å²) in [5, 5.41) is 0. The van der Waals surface area contributed by atoms with E-state index >= 15 is 0 Å². The highest BCUT2D eigenvalue weighted by molar-refractivity contribution is 5.98. The second-order valence-electron chi connectivity index (χ2n) is 5.48. The van der Waals surface area contributed by atoms with Crippen molar-refractivity contribution in [2.24, 2.45) is 11.7 Å². The average molecular weight is 245 g/mol. The molecule has 0 aromatic heterocycles. The van der Waals surface area contributed by atoms with Crippen molar-refractivity contribution in [3.8, 4) is 5.75 Å². The predicted octanol–water partition coefficient (Wildman–Crippen LogP) is 2.54. The highest BCUT2D eigenvalue weighted by Crippen LogP contribution is 2.29. The third kappa shape index (κ3) is 2.56. The van der Waals surface area contributed by atoms with Crippen molar-refractivity contribution in [3.05, 3.63) is 29.8 Å². The molecule has 2 saturated carbocycles. The van der Waals surface area contributed by atoms with Crippen LogP contribution < -0.4 is 10.5 Å². The SMILES string of the molecule is NC1CCC(C(=O)c2ccc(OC3CC3)cc2)C1. The van der Waals surface area contributed by atoms with E-state index in [1.807, 2.05) is 24.3 Å². The van der Waals surface area contributed by atoms with E-state index in [0.717, 1.165) is 43.4 Å². The summed E-state index contributed by atoms with van der Waals surface area (Å²) in [6.07, 6.45) is 5.44. The molecule has 0 aliphatic heterocycles. The van der Waals surface area contributed by atoms with Gasteiger partial charge in [-0.05, 0) is 56.4 Å². The number of Topliss-reactive ketones (excluding diaryl/α,β-unsaturated/α-hetero) is 1. The number of ether oxygens (including phenoxy) is 1. The van der Waals surface area contributed by atoms with Gasteiger partial charge in [-0.3, -0.25) is 4.79 Å². The summed E-state index contributed by atoms with van der Waals surface area (Å²) in [6.45, 7) is 0. The van der Waals surface area contributed by atoms with Crippen LogP contribution in [0.1, 0.15) is 42.5 Å². The number of ketones is 1. The second-order valence-corrected chi connectivity index (χ2v) is 5.48. The maximum absolute atomic E-state index is 12.2. The third-order valence-corrected chi connectivity index (χ3v) is 3.81. The fourth-order valence-corrected chi connectivity index (χ4v) is 2.57. The molecule has 2 atom stereocenters. The van der Waals surface area contributed by atoms with E-state index in [9.17, 15) is 4.79 Å². The summed E-state index contributed by atoms with van der Waals surface area (Å²) in [6, 6.07) is 7.77. The van der Waals surface area contributed by atoms with Crippen LogP contribution in [0.5, 0.6) is 5.75 Å². The molecule has 2 fully saturated rings. The van der Waals surface area contributed by atoms with Crippen LogP contribution in [0, 0.1) is 5.92 Å². The largest absolute Gasteiger partial charge is 0.490 e. The molecule has 0 amide bonds. The fourth-order valence-electron chi connectivity index (χ4n) is 2.57. The fraction of sp³-hybridized carbons (Fsp3) is 0.533. The lowest BCUT2D eigenvalue weighted by Crippen LogP contribution is -2.18. The summed E-state index contributed by atoms with van der Waals surface area (Å²) in [4.78, 5) is 12.2. The lowest BCUT2D eigenvalue weighted by Gasteiger charge is -2.09. The molecular weight excluding hydrogens is 226 g/mol. The summed E-state index contributed by atoms with van der Waals surface area (Å²) < 4.78 is 5.67. The Labute approximate surface area is 107 Å². The first-order valence-corrected chi connectivity index (χ1v) is 6.79. The van der Waals surface area contributed by atoms with E-state index in [1.165, 1.54) is 0 Å². The zero-order chi connectivity index (χ0) is 12.5. The Balaban J connectivity index is 1.65. The molecule has 3 heteroatoms. The molecular formula is C15H19NO2. The lowest BCUT2D eigenvalue weighted by molar-refractivity contribution is 0.0922. The van der Waals surface area contributed by atoms with Gasteiger partial charge in [-0.1, -0.05) is 0 Å². The Kier molecular flexibility index (Phi) is 3.08. The molecule has 2 unspecified atom stereocenters. The van der Waals surface area contributed by atoms with E-state index in [2.05, 4.69) is 0 Å². The first-order chi connectivity index (χ1) is 8.72. The van der Waals surface area contributed by atoms with Crippen molar-refractivity contribution in [1.29, 1.82) is 0 Å². The first-order valence-electron chi connectivity index (χ1n) is 6.79. The number of nitrogens with two attached hydrogens (primary N) is 1. The molecule has 2 N–H and O–H groups in total. The van der Waals surface area contributed by atoms with Gasteiger partial charge in [0.15, 0.2) is 5.78 Å². The van der Waals surface area contributed by atoms with Crippen LogP contribution >= 0.6 is 0 Å². The summed E-state index contributed by atoms with van der Waals surface area (Å²) >= 11 is 0. The topological polar surface area (TPSA) is 52.3 Å². The summed E-state index contributed by atoms with van der Waals surface area (Å²) in [7, 11) is 0. The van der Waals surface area contributed by atoms with Gasteiger partial charge < -0.3 is 10.5 Å². The molecule has 3 rings (SSSR count). The van der Waals surface area contributed by atoms with Crippen LogP contribution in [0.2, 0.25) is 0 Å². The first kappa shape index (κ1) is 11.7. The van der Waals surface area contributed by atoms with E-state index in [-0.39, 0.29) is 17.7 Å². The van der Waals surface area contributed by atoms with Crippen LogP contribution in [-0.4, -0.2) is 17.9 Å². The van der Waals surface area contributed by atoms with Crippen molar-refractivity contribution in [3.63, 3.8) is 0 Å². The van der Waals surface area contributed by atoms with Crippen LogP contribution in [0.3, 0.4) is 0 Å². The Morgan fingerprint density at radius 1 is 1.11 bits per heavy atom. The normalized spacial score (nSPS) is 27.2. The minimum absolute atomic E-state index is 0.121. The number of benzene rings is 1. The number of hydrogen-bond acceptors (Lipinski definition) is 3. The summed E-state index contributed by atoms with van der Waals surface area (Å²) in [5.74, 6) is 1.23. The quantitative estimate of drug-likeness (QED) is 0.829. The second kappa shape index (κ2) is 4.73. The van der Waals surface area contributed by atoms with Gasteiger partial charge in [-0.25, -0.2) is 0 Å². The van der Waals surface area contributed by atoms with Gasteiger partial charge in [-0.15, -0.1) is 0 Å². The maximum atomic E-state index is 12.2. The Morgan fingerprint density at radius 2 is 1.83 bits per heavy atom. The molecule has 0 radical (unpaired) electrons. The molecule has 18 heavy (non-hydrogen) atoms. The highest BCUT2D eigenvalue weighted by atomic mass is 16.5. The monoisotopic (exact) mass is 245 g/mol. The van der Waals surface area contributed by atoms with E-state index in [4.69, 9.17) is 10.5 Å². The molecule has 0 spiro atoms. The van der Waals surface area contributed by atoms with Gasteiger partial charge in [0.25, 0.3) is 0 Å². The van der Waals surface area contributed by atoms with Gasteiger partial charge >= 0.3 is 0 Å². The average Bonchev–Trinajstić information content (AvgIpc) is 3.09. The highest BCUT2D eigenvalue weighted by Gasteiger charge is 2.28. The van der Waals surface area contributed by atoms with Gasteiger partial charge in [-0.2, -0.15) is 0 Å². The molecule has 2 aliphatic carbocycles. The van der Waals surface area contributed by atoms with E-state index in [1.54, 1.807) is 0 Å². The van der Waals surface area contributed by atoms with Crippen LogP contribution in [0.15, 0.2) is 24.3 Å². The molecule has 2 aliphatic rings. The van der Waals surface area contributed by atoms with Crippen molar-refractivity contribution in [2.75, 3.05) is 0 Å². The predicted molar refractivity (Wildman–Crippen MR) is 69.7 cm³/mol. The molecule has 0 heterocycles. The van der Waals surface area contributed by atoms with Crippen LogP contribution in [0.25, 0.3) is 0 Å². The van der Waals surface area contributed by atoms with Crippen molar-refractivity contribution in [1.82, 2.24) is 0 Å². The third-order valence-electron chi connectivity index (χ3n) is 3.81. The van der Waals surface area contributed by atoms with Crippen molar-refractivity contribution < 1.29 is 9.53 Å². The minimum Gasteiger partial charge on any atom is -0.490 e. The molecule has 1 aromatic rings. The smallest absolute Gasteiger partial charge is 0.166 e. The Morgan fingerprint density at radius 3 is 2.39 bits per heavy atom. The Hall–Kier alpha value is -1.35. The van der Waals surface area contributed by atoms with Crippen molar-refractivity contribution >= 4 is 5.78 Å². The standard InChI is InChI=1S/C15H19NO2/c16-12-4-1-11(9-12)15(17)10-2-5-13(6-3-10)18-14-7-8-14/h2-3,5-6,11-12,14H,1,4,7-9,16H2. The van der Waals surface area contributed by atoms with E-state index in [0.29, 0.717) is 6.10 Å². The zero-order valence-corrected chi connectivity index (χ0v) is 10.5. The van der Waals surface area contributed by atoms with Gasteiger partial charge in [0.05, 0.1) is 6.10 Å². The number of carbonyl (C=O) groups is 1. The molecule has 0 saturated heterocycles. The number of hydrogen-bond donors (Lipinski definition) is 1.